The number of rotatable bonds is 2. The molecule has 1 aromatic heterocycles. The lowest BCUT2D eigenvalue weighted by Gasteiger charge is -2.22. The van der Waals surface area contributed by atoms with E-state index in [0.717, 1.165) is 24.1 Å². The standard InChI is InChI=1S/C12H18N2O3/c1-4-16-11(15)10-8-5-6-12(2,3)17-7-9(8)13-14-10/h4-7H2,1-3H3,(H,13,14). The second-order valence-corrected chi connectivity index (χ2v) is 4.80. The number of hydrogen-bond donors (Lipinski definition) is 1. The minimum Gasteiger partial charge on any atom is -0.461 e. The summed E-state index contributed by atoms with van der Waals surface area (Å²) in [5.74, 6) is -0.357. The summed E-state index contributed by atoms with van der Waals surface area (Å²) in [5.41, 5.74) is 2.07. The van der Waals surface area contributed by atoms with Gasteiger partial charge in [0, 0.05) is 5.56 Å². The zero-order valence-corrected chi connectivity index (χ0v) is 10.5. The minimum atomic E-state index is -0.357. The van der Waals surface area contributed by atoms with Crippen LogP contribution < -0.4 is 0 Å². The number of nitrogens with one attached hydrogen (secondary N) is 1. The van der Waals surface area contributed by atoms with Gasteiger partial charge in [-0.3, -0.25) is 5.10 Å². The first-order valence-electron chi connectivity index (χ1n) is 5.90. The average molecular weight is 238 g/mol. The molecule has 0 unspecified atom stereocenters. The van der Waals surface area contributed by atoms with Gasteiger partial charge in [-0.1, -0.05) is 0 Å². The highest BCUT2D eigenvalue weighted by Gasteiger charge is 2.28. The number of aromatic nitrogens is 2. The van der Waals surface area contributed by atoms with Crippen molar-refractivity contribution in [3.63, 3.8) is 0 Å². The summed E-state index contributed by atoms with van der Waals surface area (Å²) in [6.07, 6.45) is 1.65. The van der Waals surface area contributed by atoms with Crippen LogP contribution in [0, 0.1) is 0 Å². The SMILES string of the molecule is CCOC(=O)c1n[nH]c2c1CCC(C)(C)OC2. The van der Waals surface area contributed by atoms with Gasteiger partial charge in [-0.05, 0) is 33.6 Å². The van der Waals surface area contributed by atoms with Crippen LogP contribution in [0.5, 0.6) is 0 Å². The van der Waals surface area contributed by atoms with Crippen molar-refractivity contribution in [2.45, 2.75) is 45.8 Å². The molecule has 17 heavy (non-hydrogen) atoms. The van der Waals surface area contributed by atoms with Crippen LogP contribution in [0.3, 0.4) is 0 Å². The van der Waals surface area contributed by atoms with E-state index in [2.05, 4.69) is 24.0 Å². The van der Waals surface area contributed by atoms with Gasteiger partial charge in [-0.2, -0.15) is 5.10 Å². The van der Waals surface area contributed by atoms with Crippen LogP contribution in [-0.4, -0.2) is 28.4 Å². The molecule has 0 saturated heterocycles. The monoisotopic (exact) mass is 238 g/mol. The van der Waals surface area contributed by atoms with Gasteiger partial charge in [-0.15, -0.1) is 0 Å². The highest BCUT2D eigenvalue weighted by atomic mass is 16.5. The molecule has 0 fully saturated rings. The lowest BCUT2D eigenvalue weighted by atomic mass is 9.99. The zero-order valence-electron chi connectivity index (χ0n) is 10.5. The molecule has 2 rings (SSSR count). The third-order valence-corrected chi connectivity index (χ3v) is 3.01. The summed E-state index contributed by atoms with van der Waals surface area (Å²) in [5, 5.41) is 6.89. The van der Waals surface area contributed by atoms with E-state index in [-0.39, 0.29) is 11.6 Å². The number of esters is 1. The molecule has 0 bridgehead atoms. The van der Waals surface area contributed by atoms with E-state index >= 15 is 0 Å². The number of H-pyrrole nitrogens is 1. The topological polar surface area (TPSA) is 64.2 Å². The Morgan fingerprint density at radius 3 is 3.06 bits per heavy atom. The highest BCUT2D eigenvalue weighted by molar-refractivity contribution is 5.89. The molecule has 2 heterocycles. The Hall–Kier alpha value is -1.36. The van der Waals surface area contributed by atoms with Crippen LogP contribution in [-0.2, 0) is 22.5 Å². The molecule has 5 nitrogen and oxygen atoms in total. The summed E-state index contributed by atoms with van der Waals surface area (Å²) in [6.45, 7) is 6.72. The fourth-order valence-corrected chi connectivity index (χ4v) is 1.92. The van der Waals surface area contributed by atoms with Crippen molar-refractivity contribution in [2.75, 3.05) is 6.61 Å². The fraction of sp³-hybridized carbons (Fsp3) is 0.667. The number of carbonyl (C=O) groups excluding carboxylic acids is 1. The number of nitrogens with zero attached hydrogens (tertiary/aromatic N) is 1. The lowest BCUT2D eigenvalue weighted by molar-refractivity contribution is -0.0310. The summed E-state index contributed by atoms with van der Waals surface area (Å²) in [6, 6.07) is 0. The van der Waals surface area contributed by atoms with E-state index in [1.54, 1.807) is 6.92 Å². The van der Waals surface area contributed by atoms with Crippen LogP contribution in [0.4, 0.5) is 0 Å². The first-order valence-corrected chi connectivity index (χ1v) is 5.90. The fourth-order valence-electron chi connectivity index (χ4n) is 1.92. The quantitative estimate of drug-likeness (QED) is 0.798. The van der Waals surface area contributed by atoms with Crippen LogP contribution in [0.25, 0.3) is 0 Å². The largest absolute Gasteiger partial charge is 0.461 e. The van der Waals surface area contributed by atoms with E-state index in [4.69, 9.17) is 9.47 Å². The molecule has 0 atom stereocenters. The second-order valence-electron chi connectivity index (χ2n) is 4.80. The summed E-state index contributed by atoms with van der Waals surface area (Å²) < 4.78 is 10.7. The Kier molecular flexibility index (Phi) is 3.19. The third-order valence-electron chi connectivity index (χ3n) is 3.01. The third kappa shape index (κ3) is 2.49. The van der Waals surface area contributed by atoms with Gasteiger partial charge in [0.2, 0.25) is 0 Å². The Morgan fingerprint density at radius 1 is 1.59 bits per heavy atom. The molecule has 1 aromatic rings. The molecule has 94 valence electrons. The molecule has 5 heteroatoms. The van der Waals surface area contributed by atoms with E-state index in [1.165, 1.54) is 0 Å². The van der Waals surface area contributed by atoms with Gasteiger partial charge >= 0.3 is 5.97 Å². The molecule has 0 amide bonds. The number of ether oxygens (including phenoxy) is 2. The van der Waals surface area contributed by atoms with Gasteiger partial charge in [0.25, 0.3) is 0 Å². The normalized spacial score (nSPS) is 18.3. The molecule has 1 aliphatic rings. The lowest BCUT2D eigenvalue weighted by Crippen LogP contribution is -2.23. The predicted octanol–water partition coefficient (Wildman–Crippen LogP) is 1.83. The van der Waals surface area contributed by atoms with Crippen molar-refractivity contribution in [2.24, 2.45) is 0 Å². The smallest absolute Gasteiger partial charge is 0.359 e. The van der Waals surface area contributed by atoms with Gasteiger partial charge in [0.05, 0.1) is 24.5 Å². The highest BCUT2D eigenvalue weighted by Crippen LogP contribution is 2.27. The van der Waals surface area contributed by atoms with Gasteiger partial charge in [-0.25, -0.2) is 4.79 Å². The first-order chi connectivity index (χ1) is 8.03. The maximum absolute atomic E-state index is 11.7. The van der Waals surface area contributed by atoms with Crippen LogP contribution >= 0.6 is 0 Å². The Bertz CT molecular complexity index is 423. The van der Waals surface area contributed by atoms with Crippen LogP contribution in [0.2, 0.25) is 0 Å². The van der Waals surface area contributed by atoms with Crippen molar-refractivity contribution in [3.8, 4) is 0 Å². The predicted molar refractivity (Wildman–Crippen MR) is 61.7 cm³/mol. The molecule has 1 aliphatic heterocycles. The van der Waals surface area contributed by atoms with E-state index in [1.807, 2.05) is 0 Å². The zero-order chi connectivity index (χ0) is 12.5. The summed E-state index contributed by atoms with van der Waals surface area (Å²) in [4.78, 5) is 11.7. The summed E-state index contributed by atoms with van der Waals surface area (Å²) >= 11 is 0. The molecule has 0 aliphatic carbocycles. The van der Waals surface area contributed by atoms with Crippen molar-refractivity contribution in [1.82, 2.24) is 10.2 Å². The molecule has 0 spiro atoms. The minimum absolute atomic E-state index is 0.161. The Labute approximate surface area is 100 Å². The van der Waals surface area contributed by atoms with Crippen molar-refractivity contribution in [1.29, 1.82) is 0 Å². The molecular weight excluding hydrogens is 220 g/mol. The summed E-state index contributed by atoms with van der Waals surface area (Å²) in [7, 11) is 0. The molecule has 0 aromatic carbocycles. The maximum Gasteiger partial charge on any atom is 0.359 e. The van der Waals surface area contributed by atoms with Gasteiger partial charge in [0.1, 0.15) is 0 Å². The van der Waals surface area contributed by atoms with E-state index in [0.29, 0.717) is 18.9 Å². The Morgan fingerprint density at radius 2 is 2.35 bits per heavy atom. The average Bonchev–Trinajstić information content (AvgIpc) is 2.61. The first kappa shape index (κ1) is 12.1. The van der Waals surface area contributed by atoms with E-state index < -0.39 is 0 Å². The second kappa shape index (κ2) is 4.49. The van der Waals surface area contributed by atoms with Crippen LogP contribution in [0.1, 0.15) is 48.9 Å². The maximum atomic E-state index is 11.7. The number of aromatic amines is 1. The van der Waals surface area contributed by atoms with Gasteiger partial charge < -0.3 is 9.47 Å². The van der Waals surface area contributed by atoms with Crippen molar-refractivity contribution in [3.05, 3.63) is 17.0 Å². The van der Waals surface area contributed by atoms with Crippen molar-refractivity contribution >= 4 is 5.97 Å². The van der Waals surface area contributed by atoms with Crippen molar-refractivity contribution < 1.29 is 14.3 Å². The Balaban J connectivity index is 2.24. The van der Waals surface area contributed by atoms with E-state index in [9.17, 15) is 4.79 Å². The molecular formula is C12H18N2O3. The van der Waals surface area contributed by atoms with Gasteiger partial charge in [0.15, 0.2) is 5.69 Å². The number of hydrogen-bond acceptors (Lipinski definition) is 4. The molecule has 0 radical (unpaired) electrons. The number of fused-ring (bicyclic) bond motifs is 1. The number of carbonyl (C=O) groups is 1. The van der Waals surface area contributed by atoms with Crippen LogP contribution in [0.15, 0.2) is 0 Å². The molecule has 0 saturated carbocycles. The molecule has 1 N–H and O–H groups in total.